The van der Waals surface area contributed by atoms with Gasteiger partial charge in [0.1, 0.15) is 0 Å². The van der Waals surface area contributed by atoms with Crippen molar-refractivity contribution < 1.29 is 5.11 Å². The van der Waals surface area contributed by atoms with Gasteiger partial charge in [-0.2, -0.15) is 0 Å². The molecule has 4 nitrogen and oxygen atoms in total. The van der Waals surface area contributed by atoms with Crippen LogP contribution in [-0.4, -0.2) is 54.9 Å². The zero-order valence-electron chi connectivity index (χ0n) is 10.7. The van der Waals surface area contributed by atoms with Crippen LogP contribution in [0, 0.1) is 5.92 Å². The second-order valence-electron chi connectivity index (χ2n) is 4.94. The van der Waals surface area contributed by atoms with Gasteiger partial charge >= 0.3 is 0 Å². The second kappa shape index (κ2) is 7.22. The molecule has 3 unspecified atom stereocenters. The molecule has 4 heteroatoms. The second-order valence-corrected chi connectivity index (χ2v) is 4.94. The first-order valence-electron chi connectivity index (χ1n) is 6.51. The van der Waals surface area contributed by atoms with Crippen LogP contribution in [0.5, 0.6) is 0 Å². The number of nitrogens with one attached hydrogen (secondary N) is 1. The molecule has 1 aliphatic rings. The van der Waals surface area contributed by atoms with E-state index in [1.807, 2.05) is 6.92 Å². The summed E-state index contributed by atoms with van der Waals surface area (Å²) >= 11 is 0. The lowest BCUT2D eigenvalue weighted by Crippen LogP contribution is -2.52. The first-order valence-corrected chi connectivity index (χ1v) is 6.51. The van der Waals surface area contributed by atoms with Gasteiger partial charge in [0.25, 0.3) is 0 Å². The molecule has 0 aromatic heterocycles. The fourth-order valence-electron chi connectivity index (χ4n) is 2.44. The maximum Gasteiger partial charge on any atom is 0.0553 e. The number of nitrogens with two attached hydrogens (primary N) is 1. The molecule has 96 valence electrons. The summed E-state index contributed by atoms with van der Waals surface area (Å²) in [6.07, 6.45) is 2.03. The van der Waals surface area contributed by atoms with Gasteiger partial charge in [-0.25, -0.2) is 0 Å². The highest BCUT2D eigenvalue weighted by Crippen LogP contribution is 2.19. The molecule has 1 saturated heterocycles. The van der Waals surface area contributed by atoms with Crippen molar-refractivity contribution >= 4 is 0 Å². The van der Waals surface area contributed by atoms with Crippen molar-refractivity contribution in [3.8, 4) is 0 Å². The molecule has 1 heterocycles. The van der Waals surface area contributed by atoms with Crippen LogP contribution >= 0.6 is 0 Å². The maximum absolute atomic E-state index is 9.72. The lowest BCUT2D eigenvalue weighted by Gasteiger charge is -2.39. The van der Waals surface area contributed by atoms with Crippen LogP contribution in [0.1, 0.15) is 26.7 Å². The monoisotopic (exact) mass is 229 g/mol. The Morgan fingerprint density at radius 3 is 2.81 bits per heavy atom. The minimum Gasteiger partial charge on any atom is -0.393 e. The van der Waals surface area contributed by atoms with Crippen molar-refractivity contribution in [2.45, 2.75) is 38.8 Å². The van der Waals surface area contributed by atoms with Crippen molar-refractivity contribution in [2.75, 3.05) is 32.7 Å². The summed E-state index contributed by atoms with van der Waals surface area (Å²) in [6.45, 7) is 8.83. The normalized spacial score (nSPS) is 29.2. The van der Waals surface area contributed by atoms with E-state index in [1.165, 1.54) is 0 Å². The van der Waals surface area contributed by atoms with Gasteiger partial charge in [0.2, 0.25) is 0 Å². The zero-order valence-corrected chi connectivity index (χ0v) is 10.7. The van der Waals surface area contributed by atoms with Crippen molar-refractivity contribution in [2.24, 2.45) is 11.7 Å². The molecule has 16 heavy (non-hydrogen) atoms. The van der Waals surface area contributed by atoms with Gasteiger partial charge in [0.05, 0.1) is 6.10 Å². The number of rotatable bonds is 6. The molecule has 1 rings (SSSR count). The zero-order chi connectivity index (χ0) is 12.0. The molecule has 0 radical (unpaired) electrons. The highest BCUT2D eigenvalue weighted by atomic mass is 16.3. The Kier molecular flexibility index (Phi) is 6.28. The quantitative estimate of drug-likeness (QED) is 0.601. The Bertz CT molecular complexity index is 187. The molecule has 0 amide bonds. The van der Waals surface area contributed by atoms with Gasteiger partial charge in [-0.1, -0.05) is 6.92 Å². The SMILES string of the molecule is CCCNC1CC(C(C)O)CN(CCN)C1. The van der Waals surface area contributed by atoms with Crippen LogP contribution in [0.2, 0.25) is 0 Å². The van der Waals surface area contributed by atoms with E-state index in [-0.39, 0.29) is 6.10 Å². The van der Waals surface area contributed by atoms with Crippen LogP contribution in [-0.2, 0) is 0 Å². The first kappa shape index (κ1) is 13.9. The fraction of sp³-hybridized carbons (Fsp3) is 1.00. The third-order valence-corrected chi connectivity index (χ3v) is 3.37. The van der Waals surface area contributed by atoms with Gasteiger partial charge in [-0.15, -0.1) is 0 Å². The number of hydrogen-bond acceptors (Lipinski definition) is 4. The van der Waals surface area contributed by atoms with E-state index < -0.39 is 0 Å². The summed E-state index contributed by atoms with van der Waals surface area (Å²) in [5, 5.41) is 13.3. The van der Waals surface area contributed by atoms with E-state index in [1.54, 1.807) is 0 Å². The Balaban J connectivity index is 2.45. The highest BCUT2D eigenvalue weighted by Gasteiger charge is 2.28. The average Bonchev–Trinajstić information content (AvgIpc) is 2.26. The van der Waals surface area contributed by atoms with Crippen LogP contribution in [0.4, 0.5) is 0 Å². The van der Waals surface area contributed by atoms with Crippen molar-refractivity contribution in [1.82, 2.24) is 10.2 Å². The Morgan fingerprint density at radius 1 is 1.50 bits per heavy atom. The number of hydrogen-bond donors (Lipinski definition) is 3. The molecule has 0 bridgehead atoms. The standard InChI is InChI=1S/C12H27N3O/c1-3-5-14-12-7-11(10(2)16)8-15(9-12)6-4-13/h10-12,14,16H,3-9,13H2,1-2H3. The maximum atomic E-state index is 9.72. The van der Waals surface area contributed by atoms with E-state index in [9.17, 15) is 5.11 Å². The minimum absolute atomic E-state index is 0.216. The molecule has 1 aliphatic heterocycles. The summed E-state index contributed by atoms with van der Waals surface area (Å²) in [4.78, 5) is 2.37. The van der Waals surface area contributed by atoms with Crippen molar-refractivity contribution in [1.29, 1.82) is 0 Å². The smallest absolute Gasteiger partial charge is 0.0553 e. The number of aliphatic hydroxyl groups excluding tert-OH is 1. The topological polar surface area (TPSA) is 61.5 Å². The summed E-state index contributed by atoms with van der Waals surface area (Å²) in [5.74, 6) is 0.384. The Hall–Kier alpha value is -0.160. The third-order valence-electron chi connectivity index (χ3n) is 3.37. The van der Waals surface area contributed by atoms with Gasteiger partial charge in [0.15, 0.2) is 0 Å². The lowest BCUT2D eigenvalue weighted by atomic mass is 9.90. The molecule has 4 N–H and O–H groups in total. The number of likely N-dealkylation sites (tertiary alicyclic amines) is 1. The molecule has 0 saturated carbocycles. The van der Waals surface area contributed by atoms with Crippen molar-refractivity contribution in [3.05, 3.63) is 0 Å². The largest absolute Gasteiger partial charge is 0.393 e. The summed E-state index contributed by atoms with van der Waals surface area (Å²) in [6, 6.07) is 0.514. The molecule has 3 atom stereocenters. The third kappa shape index (κ3) is 4.37. The molecule has 0 aliphatic carbocycles. The van der Waals surface area contributed by atoms with E-state index >= 15 is 0 Å². The highest BCUT2D eigenvalue weighted by molar-refractivity contribution is 4.85. The van der Waals surface area contributed by atoms with Crippen molar-refractivity contribution in [3.63, 3.8) is 0 Å². The van der Waals surface area contributed by atoms with Crippen LogP contribution in [0.3, 0.4) is 0 Å². The molecular formula is C12H27N3O. The van der Waals surface area contributed by atoms with Crippen LogP contribution < -0.4 is 11.1 Å². The summed E-state index contributed by atoms with van der Waals surface area (Å²) < 4.78 is 0. The molecule has 0 spiro atoms. The van der Waals surface area contributed by atoms with E-state index in [4.69, 9.17) is 5.73 Å². The Morgan fingerprint density at radius 2 is 2.25 bits per heavy atom. The predicted molar refractivity (Wildman–Crippen MR) is 67.4 cm³/mol. The van der Waals surface area contributed by atoms with Gasteiger partial charge < -0.3 is 21.1 Å². The average molecular weight is 229 g/mol. The van der Waals surface area contributed by atoms with Crippen LogP contribution in [0.25, 0.3) is 0 Å². The molecule has 0 aromatic rings. The number of aliphatic hydroxyl groups is 1. The van der Waals surface area contributed by atoms with Gasteiger partial charge in [-0.05, 0) is 32.2 Å². The van der Waals surface area contributed by atoms with Gasteiger partial charge in [0, 0.05) is 32.2 Å². The molecule has 0 aromatic carbocycles. The summed E-state index contributed by atoms with van der Waals surface area (Å²) in [7, 11) is 0. The molecular weight excluding hydrogens is 202 g/mol. The Labute approximate surface area is 99.2 Å². The minimum atomic E-state index is -0.216. The van der Waals surface area contributed by atoms with Gasteiger partial charge in [-0.3, -0.25) is 0 Å². The predicted octanol–water partition coefficient (Wildman–Crippen LogP) is 0.0160. The van der Waals surface area contributed by atoms with E-state index in [0.717, 1.165) is 39.0 Å². The van der Waals surface area contributed by atoms with Crippen LogP contribution in [0.15, 0.2) is 0 Å². The summed E-state index contributed by atoms with van der Waals surface area (Å²) in [5.41, 5.74) is 5.60. The fourth-order valence-corrected chi connectivity index (χ4v) is 2.44. The lowest BCUT2D eigenvalue weighted by molar-refractivity contribution is 0.0494. The number of piperidine rings is 1. The van der Waals surface area contributed by atoms with E-state index in [2.05, 4.69) is 17.1 Å². The first-order chi connectivity index (χ1) is 7.67. The molecule has 1 fully saturated rings. The number of nitrogens with zero attached hydrogens (tertiary/aromatic N) is 1. The van der Waals surface area contributed by atoms with E-state index in [0.29, 0.717) is 18.5 Å².